The van der Waals surface area contributed by atoms with Crippen LogP contribution in [0.1, 0.15) is 20.8 Å². The van der Waals surface area contributed by atoms with Crippen molar-refractivity contribution < 1.29 is 27.5 Å². The number of pyridine rings is 1. The Balaban J connectivity index is 3.48. The molecule has 1 rings (SSSR count). The van der Waals surface area contributed by atoms with E-state index in [9.17, 15) is 18.0 Å². The average molecular weight is 294 g/mol. The molecule has 1 aromatic heterocycles. The van der Waals surface area contributed by atoms with E-state index in [1.165, 1.54) is 0 Å². The van der Waals surface area contributed by atoms with E-state index in [1.54, 1.807) is 0 Å². The van der Waals surface area contributed by atoms with Crippen molar-refractivity contribution in [3.05, 3.63) is 23.4 Å². The van der Waals surface area contributed by atoms with Gasteiger partial charge in [0, 0.05) is 10.7 Å². The number of ether oxygens (including phenoxy) is 2. The van der Waals surface area contributed by atoms with Crippen LogP contribution in [0.2, 0.25) is 0 Å². The average Bonchev–Trinajstić information content (AvgIpc) is 2.35. The Kier molecular flexibility index (Phi) is 4.25. The second-order valence-electron chi connectivity index (χ2n) is 3.00. The molecule has 0 aromatic carbocycles. The Bertz CT molecular complexity index is 563. The third-order valence-electron chi connectivity index (χ3n) is 1.87. The molecular weight excluding hydrogens is 286 g/mol. The first-order valence-electron chi connectivity index (χ1n) is 4.43. The van der Waals surface area contributed by atoms with Crippen LogP contribution in [0.4, 0.5) is 0 Å². The number of aromatic nitrogens is 1. The summed E-state index contributed by atoms with van der Waals surface area (Å²) in [6, 6.07) is 1.95. The predicted molar refractivity (Wildman–Crippen MR) is 60.0 cm³/mol. The molecule has 0 aliphatic carbocycles. The molecule has 18 heavy (non-hydrogen) atoms. The number of carbonyl (C=O) groups is 2. The van der Waals surface area contributed by atoms with Crippen molar-refractivity contribution in [2.75, 3.05) is 14.2 Å². The zero-order valence-electron chi connectivity index (χ0n) is 9.34. The summed E-state index contributed by atoms with van der Waals surface area (Å²) in [5.74, 6) is -1.73. The van der Waals surface area contributed by atoms with Crippen molar-refractivity contribution in [2.24, 2.45) is 0 Å². The van der Waals surface area contributed by atoms with Crippen molar-refractivity contribution >= 4 is 31.7 Å². The van der Waals surface area contributed by atoms with E-state index in [4.69, 9.17) is 10.7 Å². The molecule has 0 saturated carbocycles. The highest BCUT2D eigenvalue weighted by Crippen LogP contribution is 2.16. The Labute approximate surface area is 107 Å². The SMILES string of the molecule is COC(=O)c1cc(C(=O)OC)nc(S(=O)(=O)Cl)c1. The number of halogens is 1. The summed E-state index contributed by atoms with van der Waals surface area (Å²) in [5, 5.41) is -0.632. The van der Waals surface area contributed by atoms with Crippen molar-refractivity contribution in [1.29, 1.82) is 0 Å². The molecule has 0 bridgehead atoms. The largest absolute Gasteiger partial charge is 0.465 e. The maximum Gasteiger partial charge on any atom is 0.356 e. The van der Waals surface area contributed by atoms with Gasteiger partial charge in [0.15, 0.2) is 10.7 Å². The Morgan fingerprint density at radius 1 is 1.17 bits per heavy atom. The minimum absolute atomic E-state index is 0.174. The monoisotopic (exact) mass is 293 g/mol. The molecule has 1 heterocycles. The van der Waals surface area contributed by atoms with Gasteiger partial charge in [-0.15, -0.1) is 0 Å². The summed E-state index contributed by atoms with van der Waals surface area (Å²) >= 11 is 0. The Hall–Kier alpha value is -1.67. The molecule has 0 fully saturated rings. The molecular formula is C9H8ClNO6S. The van der Waals surface area contributed by atoms with E-state index in [0.717, 1.165) is 26.4 Å². The van der Waals surface area contributed by atoms with Crippen LogP contribution < -0.4 is 0 Å². The highest BCUT2D eigenvalue weighted by atomic mass is 35.7. The van der Waals surface area contributed by atoms with Gasteiger partial charge in [0.2, 0.25) is 0 Å². The number of rotatable bonds is 3. The van der Waals surface area contributed by atoms with Crippen LogP contribution in [0.3, 0.4) is 0 Å². The fourth-order valence-electron chi connectivity index (χ4n) is 1.07. The maximum atomic E-state index is 11.3. The lowest BCUT2D eigenvalue weighted by Gasteiger charge is -2.04. The summed E-state index contributed by atoms with van der Waals surface area (Å²) in [6.07, 6.45) is 0. The van der Waals surface area contributed by atoms with E-state index in [1.807, 2.05) is 0 Å². The lowest BCUT2D eigenvalue weighted by atomic mass is 10.2. The summed E-state index contributed by atoms with van der Waals surface area (Å²) in [7, 11) is 3.11. The fraction of sp³-hybridized carbons (Fsp3) is 0.222. The van der Waals surface area contributed by atoms with Crippen molar-refractivity contribution in [2.45, 2.75) is 5.03 Å². The third kappa shape index (κ3) is 3.17. The lowest BCUT2D eigenvalue weighted by Crippen LogP contribution is -2.11. The van der Waals surface area contributed by atoms with Gasteiger partial charge < -0.3 is 9.47 Å². The molecule has 0 aliphatic heterocycles. The lowest BCUT2D eigenvalue weighted by molar-refractivity contribution is 0.0592. The summed E-state index contributed by atoms with van der Waals surface area (Å²) < 4.78 is 31.1. The number of esters is 2. The standard InChI is InChI=1S/C9H8ClNO6S/c1-16-8(12)5-3-6(9(13)17-2)11-7(4-5)18(10,14)15/h3-4H,1-2H3. The smallest absolute Gasteiger partial charge is 0.356 e. The molecule has 9 heteroatoms. The molecule has 0 atom stereocenters. The van der Waals surface area contributed by atoms with E-state index in [0.29, 0.717) is 0 Å². The first kappa shape index (κ1) is 14.4. The van der Waals surface area contributed by atoms with E-state index >= 15 is 0 Å². The van der Waals surface area contributed by atoms with Gasteiger partial charge in [0.1, 0.15) is 0 Å². The quantitative estimate of drug-likeness (QED) is 0.593. The van der Waals surface area contributed by atoms with Gasteiger partial charge in [-0.05, 0) is 12.1 Å². The fourth-order valence-corrected chi connectivity index (χ4v) is 1.79. The van der Waals surface area contributed by atoms with Crippen LogP contribution in [-0.4, -0.2) is 39.6 Å². The minimum Gasteiger partial charge on any atom is -0.465 e. The van der Waals surface area contributed by atoms with E-state index in [2.05, 4.69) is 14.5 Å². The molecule has 0 spiro atoms. The van der Waals surface area contributed by atoms with Crippen LogP contribution in [0.15, 0.2) is 17.2 Å². The van der Waals surface area contributed by atoms with Crippen molar-refractivity contribution in [3.63, 3.8) is 0 Å². The molecule has 0 amide bonds. The summed E-state index contributed by atoms with van der Waals surface area (Å²) in [5.41, 5.74) is -0.535. The molecule has 0 saturated heterocycles. The molecule has 7 nitrogen and oxygen atoms in total. The van der Waals surface area contributed by atoms with Gasteiger partial charge in [-0.1, -0.05) is 0 Å². The number of hydrogen-bond acceptors (Lipinski definition) is 7. The minimum atomic E-state index is -4.19. The highest BCUT2D eigenvalue weighted by Gasteiger charge is 2.20. The molecule has 0 unspecified atom stereocenters. The zero-order chi connectivity index (χ0) is 13.9. The van der Waals surface area contributed by atoms with Gasteiger partial charge in [-0.25, -0.2) is 23.0 Å². The first-order chi connectivity index (χ1) is 8.29. The van der Waals surface area contributed by atoms with Gasteiger partial charge in [0.05, 0.1) is 19.8 Å². The maximum absolute atomic E-state index is 11.3. The van der Waals surface area contributed by atoms with E-state index < -0.39 is 26.0 Å². The number of carbonyl (C=O) groups excluding carboxylic acids is 2. The molecule has 98 valence electrons. The number of nitrogens with zero attached hydrogens (tertiary/aromatic N) is 1. The van der Waals surface area contributed by atoms with Gasteiger partial charge in [-0.2, -0.15) is 0 Å². The van der Waals surface area contributed by atoms with Crippen molar-refractivity contribution in [1.82, 2.24) is 4.98 Å². The Morgan fingerprint density at radius 2 is 1.72 bits per heavy atom. The van der Waals surface area contributed by atoms with Gasteiger partial charge in [-0.3, -0.25) is 0 Å². The van der Waals surface area contributed by atoms with Gasteiger partial charge >= 0.3 is 11.9 Å². The third-order valence-corrected chi connectivity index (χ3v) is 3.05. The van der Waals surface area contributed by atoms with Crippen LogP contribution in [-0.2, 0) is 18.5 Å². The molecule has 0 radical (unpaired) electrons. The first-order valence-corrected chi connectivity index (χ1v) is 6.74. The second kappa shape index (κ2) is 5.32. The molecule has 0 N–H and O–H groups in total. The zero-order valence-corrected chi connectivity index (χ0v) is 10.9. The van der Waals surface area contributed by atoms with Gasteiger partial charge in [0.25, 0.3) is 9.05 Å². The van der Waals surface area contributed by atoms with Crippen LogP contribution in [0, 0.1) is 0 Å². The number of methoxy groups -OCH3 is 2. The van der Waals surface area contributed by atoms with E-state index in [-0.39, 0.29) is 11.3 Å². The predicted octanol–water partition coefficient (Wildman–Crippen LogP) is 0.582. The topological polar surface area (TPSA) is 99.6 Å². The van der Waals surface area contributed by atoms with Crippen LogP contribution in [0.25, 0.3) is 0 Å². The van der Waals surface area contributed by atoms with Crippen molar-refractivity contribution in [3.8, 4) is 0 Å². The molecule has 0 aliphatic rings. The van der Waals surface area contributed by atoms with Crippen LogP contribution >= 0.6 is 10.7 Å². The second-order valence-corrected chi connectivity index (χ2v) is 5.51. The van der Waals surface area contributed by atoms with Crippen LogP contribution in [0.5, 0.6) is 0 Å². The normalized spacial score (nSPS) is 10.8. The molecule has 1 aromatic rings. The number of hydrogen-bond donors (Lipinski definition) is 0. The summed E-state index contributed by atoms with van der Waals surface area (Å²) in [6.45, 7) is 0. The Morgan fingerprint density at radius 3 is 2.17 bits per heavy atom. The highest BCUT2D eigenvalue weighted by molar-refractivity contribution is 8.13. The summed E-state index contributed by atoms with van der Waals surface area (Å²) in [4.78, 5) is 26.1.